The van der Waals surface area contributed by atoms with Gasteiger partial charge >= 0.3 is 5.97 Å². The second-order valence-electron chi connectivity index (χ2n) is 4.74. The zero-order chi connectivity index (χ0) is 12.5. The topological polar surface area (TPSA) is 39.2 Å². The van der Waals surface area contributed by atoms with Crippen molar-refractivity contribution in [2.75, 3.05) is 0 Å². The third kappa shape index (κ3) is 3.20. The lowest BCUT2D eigenvalue weighted by Gasteiger charge is -2.20. The molecule has 0 fully saturated rings. The molecule has 0 unspecified atom stereocenters. The number of carbonyl (C=O) groups is 1. The molecule has 0 radical (unpaired) electrons. The van der Waals surface area contributed by atoms with Crippen molar-refractivity contribution in [2.24, 2.45) is 0 Å². The number of aryl methyl sites for hydroxylation is 1. The summed E-state index contributed by atoms with van der Waals surface area (Å²) in [6, 6.07) is 1.73. The number of rotatable bonds is 1. The van der Waals surface area contributed by atoms with Crippen LogP contribution in [0.15, 0.2) is 6.07 Å². The van der Waals surface area contributed by atoms with Crippen molar-refractivity contribution >= 4 is 17.6 Å². The molecule has 16 heavy (non-hydrogen) atoms. The summed E-state index contributed by atoms with van der Waals surface area (Å²) in [6.45, 7) is 9.17. The number of nitrogens with zero attached hydrogens (tertiary/aromatic N) is 1. The first-order valence-corrected chi connectivity index (χ1v) is 5.45. The van der Waals surface area contributed by atoms with Crippen LogP contribution < -0.4 is 0 Å². The number of aromatic nitrogens is 1. The average Bonchev–Trinajstić information content (AvgIpc) is 2.08. The molecule has 0 spiro atoms. The first-order valence-electron chi connectivity index (χ1n) is 5.08. The first-order chi connectivity index (χ1) is 7.20. The number of esters is 1. The number of pyridine rings is 1. The zero-order valence-corrected chi connectivity index (χ0v) is 11.0. The van der Waals surface area contributed by atoms with Crippen molar-refractivity contribution in [1.82, 2.24) is 4.98 Å². The third-order valence-electron chi connectivity index (χ3n) is 2.09. The highest BCUT2D eigenvalue weighted by Gasteiger charge is 2.21. The molecule has 1 aromatic heterocycles. The van der Waals surface area contributed by atoms with Gasteiger partial charge in [0, 0.05) is 0 Å². The summed E-state index contributed by atoms with van der Waals surface area (Å²) in [5, 5.41) is 0.309. The molecule has 88 valence electrons. The van der Waals surface area contributed by atoms with Gasteiger partial charge in [-0.25, -0.2) is 9.78 Å². The van der Waals surface area contributed by atoms with Gasteiger partial charge in [0.25, 0.3) is 0 Å². The average molecular weight is 242 g/mol. The van der Waals surface area contributed by atoms with Crippen LogP contribution >= 0.6 is 11.6 Å². The van der Waals surface area contributed by atoms with Gasteiger partial charge in [0.05, 0.1) is 0 Å². The summed E-state index contributed by atoms with van der Waals surface area (Å²) >= 11 is 5.82. The smallest absolute Gasteiger partial charge is 0.357 e. The molecule has 0 aliphatic carbocycles. The molecule has 0 aliphatic heterocycles. The van der Waals surface area contributed by atoms with E-state index in [9.17, 15) is 4.79 Å². The lowest BCUT2D eigenvalue weighted by atomic mass is 10.1. The molecular weight excluding hydrogens is 226 g/mol. The fourth-order valence-electron chi connectivity index (χ4n) is 1.22. The fourth-order valence-corrected chi connectivity index (χ4v) is 1.47. The molecule has 0 atom stereocenters. The molecule has 0 aliphatic rings. The van der Waals surface area contributed by atoms with Crippen molar-refractivity contribution in [3.05, 3.63) is 28.0 Å². The quantitative estimate of drug-likeness (QED) is 0.559. The second kappa shape index (κ2) is 4.42. The van der Waals surface area contributed by atoms with E-state index in [-0.39, 0.29) is 0 Å². The van der Waals surface area contributed by atoms with E-state index in [1.807, 2.05) is 34.6 Å². The van der Waals surface area contributed by atoms with Crippen LogP contribution in [0.3, 0.4) is 0 Å². The summed E-state index contributed by atoms with van der Waals surface area (Å²) in [7, 11) is 0. The Balaban J connectivity index is 3.09. The van der Waals surface area contributed by atoms with Crippen molar-refractivity contribution in [3.8, 4) is 0 Å². The van der Waals surface area contributed by atoms with Crippen molar-refractivity contribution in [1.29, 1.82) is 0 Å². The third-order valence-corrected chi connectivity index (χ3v) is 2.29. The van der Waals surface area contributed by atoms with Crippen LogP contribution in [0.4, 0.5) is 0 Å². The Morgan fingerprint density at radius 3 is 2.44 bits per heavy atom. The van der Waals surface area contributed by atoms with Gasteiger partial charge in [-0.3, -0.25) is 0 Å². The van der Waals surface area contributed by atoms with Crippen LogP contribution in [0.2, 0.25) is 5.15 Å². The van der Waals surface area contributed by atoms with E-state index in [4.69, 9.17) is 16.3 Å². The predicted octanol–water partition coefficient (Wildman–Crippen LogP) is 3.31. The fraction of sp³-hybridized carbons (Fsp3) is 0.500. The van der Waals surface area contributed by atoms with E-state index in [1.54, 1.807) is 6.07 Å². The Labute approximate surface area is 101 Å². The van der Waals surface area contributed by atoms with Crippen LogP contribution in [0.5, 0.6) is 0 Å². The van der Waals surface area contributed by atoms with E-state index in [1.165, 1.54) is 0 Å². The van der Waals surface area contributed by atoms with Crippen LogP contribution in [0.1, 0.15) is 42.4 Å². The molecule has 0 amide bonds. The van der Waals surface area contributed by atoms with Crippen LogP contribution in [0, 0.1) is 13.8 Å². The second-order valence-corrected chi connectivity index (χ2v) is 5.12. The molecule has 1 aromatic rings. The molecule has 0 N–H and O–H groups in total. The maximum atomic E-state index is 11.8. The molecule has 1 rings (SSSR count). The van der Waals surface area contributed by atoms with E-state index < -0.39 is 11.6 Å². The Hall–Kier alpha value is -1.09. The van der Waals surface area contributed by atoms with E-state index in [0.29, 0.717) is 10.8 Å². The minimum absolute atomic E-state index is 0.292. The van der Waals surface area contributed by atoms with Gasteiger partial charge in [0.2, 0.25) is 0 Å². The van der Waals surface area contributed by atoms with E-state index in [2.05, 4.69) is 4.98 Å². The predicted molar refractivity (Wildman–Crippen MR) is 63.9 cm³/mol. The molecular formula is C12H16ClNO2. The van der Waals surface area contributed by atoms with E-state index >= 15 is 0 Å². The summed E-state index contributed by atoms with van der Waals surface area (Å²) < 4.78 is 5.25. The number of hydrogen-bond donors (Lipinski definition) is 0. The van der Waals surface area contributed by atoms with Crippen molar-refractivity contribution in [3.63, 3.8) is 0 Å². The van der Waals surface area contributed by atoms with Crippen molar-refractivity contribution < 1.29 is 9.53 Å². The maximum Gasteiger partial charge on any atom is 0.357 e. The molecule has 0 aromatic carbocycles. The van der Waals surface area contributed by atoms with Gasteiger partial charge in [0.1, 0.15) is 10.8 Å². The number of ether oxygens (including phenoxy) is 1. The van der Waals surface area contributed by atoms with Crippen LogP contribution in [0.25, 0.3) is 0 Å². The number of halogens is 1. The summed E-state index contributed by atoms with van der Waals surface area (Å²) in [4.78, 5) is 15.9. The Bertz CT molecular complexity index is 422. The van der Waals surface area contributed by atoms with Gasteiger partial charge in [-0.15, -0.1) is 0 Å². The molecule has 0 saturated carbocycles. The molecule has 0 saturated heterocycles. The molecule has 0 bridgehead atoms. The normalized spacial score (nSPS) is 11.4. The summed E-state index contributed by atoms with van der Waals surface area (Å²) in [5.41, 5.74) is 1.50. The van der Waals surface area contributed by atoms with Gasteiger partial charge in [-0.2, -0.15) is 0 Å². The Kier molecular flexibility index (Phi) is 3.58. The monoisotopic (exact) mass is 241 g/mol. The van der Waals surface area contributed by atoms with Crippen molar-refractivity contribution in [2.45, 2.75) is 40.2 Å². The standard InChI is InChI=1S/C12H16ClNO2/c1-7-6-9(13)14-10(8(7)2)11(15)16-12(3,4)5/h6H,1-5H3. The van der Waals surface area contributed by atoms with Gasteiger partial charge in [-0.05, 0) is 51.8 Å². The zero-order valence-electron chi connectivity index (χ0n) is 10.2. The minimum atomic E-state index is -0.526. The number of hydrogen-bond acceptors (Lipinski definition) is 3. The maximum absolute atomic E-state index is 11.8. The highest BCUT2D eigenvalue weighted by molar-refractivity contribution is 6.29. The molecule has 4 heteroatoms. The van der Waals surface area contributed by atoms with Gasteiger partial charge in [0.15, 0.2) is 5.69 Å². The van der Waals surface area contributed by atoms with Crippen LogP contribution in [-0.4, -0.2) is 16.6 Å². The number of carbonyl (C=O) groups excluding carboxylic acids is 1. The van der Waals surface area contributed by atoms with Gasteiger partial charge in [-0.1, -0.05) is 11.6 Å². The minimum Gasteiger partial charge on any atom is -0.455 e. The first kappa shape index (κ1) is 13.0. The molecule has 1 heterocycles. The summed E-state index contributed by atoms with van der Waals surface area (Å²) in [5.74, 6) is -0.435. The highest BCUT2D eigenvalue weighted by Crippen LogP contribution is 2.19. The lowest BCUT2D eigenvalue weighted by Crippen LogP contribution is -2.25. The molecule has 3 nitrogen and oxygen atoms in total. The largest absolute Gasteiger partial charge is 0.455 e. The Morgan fingerprint density at radius 2 is 1.94 bits per heavy atom. The van der Waals surface area contributed by atoms with E-state index in [0.717, 1.165) is 11.1 Å². The summed E-state index contributed by atoms with van der Waals surface area (Å²) in [6.07, 6.45) is 0. The lowest BCUT2D eigenvalue weighted by molar-refractivity contribution is 0.00619. The Morgan fingerprint density at radius 1 is 1.38 bits per heavy atom. The van der Waals surface area contributed by atoms with Gasteiger partial charge < -0.3 is 4.74 Å². The SMILES string of the molecule is Cc1cc(Cl)nc(C(=O)OC(C)(C)C)c1C. The van der Waals surface area contributed by atoms with Crippen LogP contribution in [-0.2, 0) is 4.74 Å². The highest BCUT2D eigenvalue weighted by atomic mass is 35.5.